The van der Waals surface area contributed by atoms with Gasteiger partial charge < -0.3 is 0 Å². The van der Waals surface area contributed by atoms with E-state index in [9.17, 15) is 4.79 Å². The van der Waals surface area contributed by atoms with E-state index in [1.54, 1.807) is 0 Å². The van der Waals surface area contributed by atoms with Crippen LogP contribution in [0.5, 0.6) is 0 Å². The highest BCUT2D eigenvalue weighted by Crippen LogP contribution is 2.47. The average Bonchev–Trinajstić information content (AvgIpc) is 2.20. The predicted molar refractivity (Wildman–Crippen MR) is 44.2 cm³/mol. The van der Waals surface area contributed by atoms with Gasteiger partial charge in [-0.3, -0.25) is 4.79 Å². The summed E-state index contributed by atoms with van der Waals surface area (Å²) >= 11 is 0. The van der Waals surface area contributed by atoms with E-state index in [-0.39, 0.29) is 5.41 Å². The summed E-state index contributed by atoms with van der Waals surface area (Å²) in [4.78, 5) is 11.5. The minimum absolute atomic E-state index is 0.0180. The molecule has 2 rings (SSSR count). The lowest BCUT2D eigenvalue weighted by Crippen LogP contribution is -2.21. The first-order valence-corrected chi connectivity index (χ1v) is 4.32. The molecule has 60 valence electrons. The summed E-state index contributed by atoms with van der Waals surface area (Å²) in [7, 11) is 0. The van der Waals surface area contributed by atoms with Gasteiger partial charge in [-0.05, 0) is 25.7 Å². The Hall–Kier alpha value is -0.590. The van der Waals surface area contributed by atoms with E-state index in [2.05, 4.69) is 19.9 Å². The van der Waals surface area contributed by atoms with Crippen molar-refractivity contribution in [3.8, 4) is 0 Å². The van der Waals surface area contributed by atoms with Gasteiger partial charge in [-0.25, -0.2) is 0 Å². The third-order valence-electron chi connectivity index (χ3n) is 3.32. The van der Waals surface area contributed by atoms with Crippen molar-refractivity contribution in [3.05, 3.63) is 11.6 Å². The smallest absolute Gasteiger partial charge is 0.139 e. The normalized spacial score (nSPS) is 42.5. The Bertz CT molecular complexity index is 239. The Morgan fingerprint density at radius 3 is 3.00 bits per heavy atom. The van der Waals surface area contributed by atoms with E-state index in [1.807, 2.05) is 0 Å². The number of hydrogen-bond donors (Lipinski definition) is 0. The molecular formula is C10H14O. The third kappa shape index (κ3) is 0.867. The monoisotopic (exact) mass is 150 g/mol. The molecule has 0 saturated heterocycles. The highest BCUT2D eigenvalue weighted by Gasteiger charge is 2.44. The number of fused-ring (bicyclic) bond motifs is 2. The third-order valence-corrected chi connectivity index (χ3v) is 3.32. The summed E-state index contributed by atoms with van der Waals surface area (Å²) in [5, 5.41) is 0. The molecule has 1 heteroatoms. The second kappa shape index (κ2) is 1.96. The number of ketones is 1. The zero-order chi connectivity index (χ0) is 8.06. The fourth-order valence-electron chi connectivity index (χ4n) is 2.27. The van der Waals surface area contributed by atoms with Gasteiger partial charge in [-0.1, -0.05) is 18.6 Å². The van der Waals surface area contributed by atoms with Crippen LogP contribution in [0.2, 0.25) is 0 Å². The van der Waals surface area contributed by atoms with Crippen LogP contribution in [-0.4, -0.2) is 5.78 Å². The zero-order valence-electron chi connectivity index (χ0n) is 7.18. The van der Waals surface area contributed by atoms with E-state index >= 15 is 0 Å². The molecule has 1 nitrogen and oxygen atoms in total. The van der Waals surface area contributed by atoms with Gasteiger partial charge in [-0.15, -0.1) is 0 Å². The van der Waals surface area contributed by atoms with Crippen LogP contribution in [0, 0.1) is 11.3 Å². The molecule has 2 aliphatic carbocycles. The highest BCUT2D eigenvalue weighted by atomic mass is 16.1. The molecule has 11 heavy (non-hydrogen) atoms. The number of carbonyl (C=O) groups excluding carboxylic acids is 1. The minimum atomic E-state index is 0.0180. The number of Topliss-reactive ketones (excluding diaryl/α,β-unsaturated/α-hetero) is 1. The van der Waals surface area contributed by atoms with E-state index in [4.69, 9.17) is 0 Å². The number of rotatable bonds is 0. The topological polar surface area (TPSA) is 17.1 Å². The Morgan fingerprint density at radius 2 is 2.36 bits per heavy atom. The van der Waals surface area contributed by atoms with Crippen molar-refractivity contribution in [2.45, 2.75) is 33.1 Å². The van der Waals surface area contributed by atoms with Crippen molar-refractivity contribution in [2.75, 3.05) is 0 Å². The SMILES string of the molecule is CC1=CC[C@@]2(C)C[C@H]1CC2=O. The van der Waals surface area contributed by atoms with Gasteiger partial charge in [0.05, 0.1) is 0 Å². The molecule has 2 bridgehead atoms. The summed E-state index contributed by atoms with van der Waals surface area (Å²) in [6.07, 6.45) is 5.14. The van der Waals surface area contributed by atoms with Crippen molar-refractivity contribution in [2.24, 2.45) is 11.3 Å². The predicted octanol–water partition coefficient (Wildman–Crippen LogP) is 2.32. The van der Waals surface area contributed by atoms with Gasteiger partial charge in [0.15, 0.2) is 0 Å². The molecule has 0 unspecified atom stereocenters. The highest BCUT2D eigenvalue weighted by molar-refractivity contribution is 5.88. The van der Waals surface area contributed by atoms with Crippen LogP contribution in [-0.2, 0) is 4.79 Å². The fourth-order valence-corrected chi connectivity index (χ4v) is 2.27. The number of hydrogen-bond acceptors (Lipinski definition) is 1. The lowest BCUT2D eigenvalue weighted by atomic mass is 9.78. The molecule has 0 aromatic rings. The molecule has 0 aromatic heterocycles. The molecule has 1 saturated carbocycles. The quantitative estimate of drug-likeness (QED) is 0.484. The van der Waals surface area contributed by atoms with Gasteiger partial charge >= 0.3 is 0 Å². The van der Waals surface area contributed by atoms with Crippen LogP contribution in [0.3, 0.4) is 0 Å². The van der Waals surface area contributed by atoms with Crippen molar-refractivity contribution in [1.29, 1.82) is 0 Å². The standard InChI is InChI=1S/C10H14O/c1-7-3-4-10(2)6-8(7)5-9(10)11/h3,8H,4-6H2,1-2H3/t8-,10+/m1/s1. The van der Waals surface area contributed by atoms with Crippen LogP contribution in [0.15, 0.2) is 11.6 Å². The number of carbonyl (C=O) groups is 1. The maximum Gasteiger partial charge on any atom is 0.139 e. The van der Waals surface area contributed by atoms with Crippen molar-refractivity contribution in [1.82, 2.24) is 0 Å². The summed E-state index contributed by atoms with van der Waals surface area (Å²) in [6.45, 7) is 4.27. The van der Waals surface area contributed by atoms with Gasteiger partial charge in [0, 0.05) is 11.8 Å². The van der Waals surface area contributed by atoms with Crippen LogP contribution in [0.4, 0.5) is 0 Å². The van der Waals surface area contributed by atoms with E-state index in [0.717, 1.165) is 19.3 Å². The Balaban J connectivity index is 2.36. The summed E-state index contributed by atoms with van der Waals surface area (Å²) in [5.41, 5.74) is 1.46. The lowest BCUT2D eigenvalue weighted by molar-refractivity contribution is -0.124. The molecular weight excluding hydrogens is 136 g/mol. The van der Waals surface area contributed by atoms with Crippen LogP contribution in [0.25, 0.3) is 0 Å². The van der Waals surface area contributed by atoms with Gasteiger partial charge in [0.1, 0.15) is 5.78 Å². The van der Waals surface area contributed by atoms with Crippen LogP contribution < -0.4 is 0 Å². The molecule has 2 atom stereocenters. The summed E-state index contributed by atoms with van der Waals surface area (Å²) in [5.74, 6) is 1.07. The lowest BCUT2D eigenvalue weighted by Gasteiger charge is -2.25. The van der Waals surface area contributed by atoms with Crippen molar-refractivity contribution >= 4 is 5.78 Å². The molecule has 0 spiro atoms. The van der Waals surface area contributed by atoms with Crippen LogP contribution in [0.1, 0.15) is 33.1 Å². The average molecular weight is 150 g/mol. The Labute approximate surface area is 67.5 Å². The molecule has 0 aromatic carbocycles. The fraction of sp³-hybridized carbons (Fsp3) is 0.700. The van der Waals surface area contributed by atoms with Gasteiger partial charge in [0.2, 0.25) is 0 Å². The molecule has 0 aliphatic heterocycles. The first-order chi connectivity index (χ1) is 5.12. The first-order valence-electron chi connectivity index (χ1n) is 4.32. The summed E-state index contributed by atoms with van der Waals surface area (Å²) < 4.78 is 0. The Kier molecular flexibility index (Phi) is 1.26. The van der Waals surface area contributed by atoms with Crippen LogP contribution >= 0.6 is 0 Å². The van der Waals surface area contributed by atoms with Gasteiger partial charge in [-0.2, -0.15) is 0 Å². The maximum absolute atomic E-state index is 11.5. The second-order valence-electron chi connectivity index (χ2n) is 4.24. The zero-order valence-corrected chi connectivity index (χ0v) is 7.18. The van der Waals surface area contributed by atoms with Crippen molar-refractivity contribution < 1.29 is 4.79 Å². The van der Waals surface area contributed by atoms with E-state index in [0.29, 0.717) is 11.7 Å². The van der Waals surface area contributed by atoms with E-state index in [1.165, 1.54) is 5.57 Å². The largest absolute Gasteiger partial charge is 0.299 e. The first kappa shape index (κ1) is 7.08. The van der Waals surface area contributed by atoms with Crippen molar-refractivity contribution in [3.63, 3.8) is 0 Å². The molecule has 0 amide bonds. The van der Waals surface area contributed by atoms with E-state index < -0.39 is 0 Å². The summed E-state index contributed by atoms with van der Waals surface area (Å²) in [6, 6.07) is 0. The molecule has 0 N–H and O–H groups in total. The minimum Gasteiger partial charge on any atom is -0.299 e. The maximum atomic E-state index is 11.5. The molecule has 2 aliphatic rings. The second-order valence-corrected chi connectivity index (χ2v) is 4.24. The number of allylic oxidation sites excluding steroid dienone is 2. The Morgan fingerprint density at radius 1 is 1.64 bits per heavy atom. The molecule has 1 fully saturated rings. The van der Waals surface area contributed by atoms with Gasteiger partial charge in [0.25, 0.3) is 0 Å². The molecule has 0 radical (unpaired) electrons. The molecule has 0 heterocycles.